The van der Waals surface area contributed by atoms with Gasteiger partial charge >= 0.3 is 0 Å². The summed E-state index contributed by atoms with van der Waals surface area (Å²) in [5.74, 6) is -0.294. The van der Waals surface area contributed by atoms with E-state index in [0.717, 1.165) is 24.8 Å². The molecule has 1 aliphatic heterocycles. The van der Waals surface area contributed by atoms with E-state index in [2.05, 4.69) is 5.32 Å². The number of ether oxygens (including phenoxy) is 1. The van der Waals surface area contributed by atoms with E-state index in [0.29, 0.717) is 18.7 Å². The van der Waals surface area contributed by atoms with Crippen LogP contribution in [0.2, 0.25) is 0 Å². The van der Waals surface area contributed by atoms with E-state index in [1.165, 1.54) is 6.07 Å². The Labute approximate surface area is 106 Å². The minimum Gasteiger partial charge on any atom is -0.368 e. The second-order valence-corrected chi connectivity index (χ2v) is 4.66. The Balaban J connectivity index is 1.86. The number of aryl methyl sites for hydroxylation is 1. The number of hydrogen-bond donors (Lipinski definition) is 1. The zero-order valence-corrected chi connectivity index (χ0v) is 10.5. The number of amides is 1. The number of carbonyl (C=O) groups is 1. The fraction of sp³-hybridized carbons (Fsp3) is 0.500. The van der Waals surface area contributed by atoms with Gasteiger partial charge in [-0.15, -0.1) is 0 Å². The lowest BCUT2D eigenvalue weighted by Crippen LogP contribution is -2.37. The number of hydrogen-bond acceptors (Lipinski definition) is 2. The van der Waals surface area contributed by atoms with Gasteiger partial charge in [-0.05, 0) is 43.4 Å². The molecule has 0 spiro atoms. The summed E-state index contributed by atoms with van der Waals surface area (Å²) < 4.78 is 18.5. The molecule has 0 saturated carbocycles. The van der Waals surface area contributed by atoms with Crippen molar-refractivity contribution in [2.45, 2.75) is 38.8 Å². The predicted molar refractivity (Wildman–Crippen MR) is 66.6 cm³/mol. The summed E-state index contributed by atoms with van der Waals surface area (Å²) in [5, 5.41) is 2.83. The minimum atomic E-state index is -0.319. The first-order valence-corrected chi connectivity index (χ1v) is 6.31. The molecule has 1 fully saturated rings. The molecule has 0 radical (unpaired) electrons. The smallest absolute Gasteiger partial charge is 0.249 e. The number of benzene rings is 1. The van der Waals surface area contributed by atoms with Gasteiger partial charge in [0.1, 0.15) is 11.9 Å². The maximum Gasteiger partial charge on any atom is 0.249 e. The van der Waals surface area contributed by atoms with E-state index in [-0.39, 0.29) is 17.8 Å². The Kier molecular flexibility index (Phi) is 4.31. The third kappa shape index (κ3) is 3.29. The van der Waals surface area contributed by atoms with Crippen LogP contribution in [0.25, 0.3) is 0 Å². The van der Waals surface area contributed by atoms with Crippen LogP contribution in [0.15, 0.2) is 18.2 Å². The summed E-state index contributed by atoms with van der Waals surface area (Å²) in [6.07, 6.45) is 2.53. The van der Waals surface area contributed by atoms with Gasteiger partial charge < -0.3 is 10.1 Å². The molecule has 3 nitrogen and oxygen atoms in total. The van der Waals surface area contributed by atoms with Crippen molar-refractivity contribution >= 4 is 5.91 Å². The second-order valence-electron chi connectivity index (χ2n) is 4.66. The van der Waals surface area contributed by atoms with E-state index in [1.807, 2.05) is 0 Å². The highest BCUT2D eigenvalue weighted by molar-refractivity contribution is 5.80. The Hall–Kier alpha value is -1.42. The number of halogens is 1. The monoisotopic (exact) mass is 251 g/mol. The van der Waals surface area contributed by atoms with Crippen LogP contribution in [0, 0.1) is 12.7 Å². The summed E-state index contributed by atoms with van der Waals surface area (Å²) in [4.78, 5) is 11.8. The Morgan fingerprint density at radius 1 is 1.50 bits per heavy atom. The van der Waals surface area contributed by atoms with Gasteiger partial charge in [-0.25, -0.2) is 4.39 Å². The molecule has 1 unspecified atom stereocenters. The molecule has 1 atom stereocenters. The van der Waals surface area contributed by atoms with Crippen LogP contribution < -0.4 is 5.32 Å². The molecule has 4 heteroatoms. The zero-order chi connectivity index (χ0) is 13.0. The summed E-state index contributed by atoms with van der Waals surface area (Å²) in [6, 6.07) is 4.86. The third-order valence-electron chi connectivity index (χ3n) is 3.16. The number of nitrogens with one attached hydrogen (secondary N) is 1. The molecule has 1 aromatic rings. The van der Waals surface area contributed by atoms with Gasteiger partial charge in [0, 0.05) is 13.2 Å². The van der Waals surface area contributed by atoms with Crippen LogP contribution >= 0.6 is 0 Å². The van der Waals surface area contributed by atoms with Gasteiger partial charge in [0.25, 0.3) is 0 Å². The van der Waals surface area contributed by atoms with Gasteiger partial charge in [0.05, 0.1) is 0 Å². The zero-order valence-electron chi connectivity index (χ0n) is 10.5. The number of carbonyl (C=O) groups excluding carboxylic acids is 1. The second kappa shape index (κ2) is 5.96. The largest absolute Gasteiger partial charge is 0.368 e. The lowest BCUT2D eigenvalue weighted by molar-refractivity contribution is -0.135. The molecule has 18 heavy (non-hydrogen) atoms. The van der Waals surface area contributed by atoms with Crippen molar-refractivity contribution < 1.29 is 13.9 Å². The van der Waals surface area contributed by atoms with Crippen LogP contribution in [0.1, 0.15) is 30.4 Å². The SMILES string of the molecule is Cc1cc(CNC(=O)C2CCCCO2)ccc1F. The molecule has 0 aliphatic carbocycles. The van der Waals surface area contributed by atoms with Gasteiger partial charge in [-0.3, -0.25) is 4.79 Å². The first-order valence-electron chi connectivity index (χ1n) is 6.31. The molecule has 0 bridgehead atoms. The van der Waals surface area contributed by atoms with E-state index in [4.69, 9.17) is 4.74 Å². The summed E-state index contributed by atoms with van der Waals surface area (Å²) >= 11 is 0. The lowest BCUT2D eigenvalue weighted by atomic mass is 10.1. The maximum atomic E-state index is 13.1. The van der Waals surface area contributed by atoms with Gasteiger partial charge in [-0.1, -0.05) is 12.1 Å². The van der Waals surface area contributed by atoms with Crippen LogP contribution in [0.5, 0.6) is 0 Å². The molecule has 1 aliphatic rings. The summed E-state index contributed by atoms with van der Waals surface area (Å²) in [7, 11) is 0. The Bertz CT molecular complexity index is 428. The first-order chi connectivity index (χ1) is 8.66. The molecule has 98 valence electrons. The van der Waals surface area contributed by atoms with Gasteiger partial charge in [-0.2, -0.15) is 0 Å². The van der Waals surface area contributed by atoms with E-state index in [1.54, 1.807) is 19.1 Å². The molecule has 2 rings (SSSR count). The van der Waals surface area contributed by atoms with Crippen LogP contribution in [-0.2, 0) is 16.1 Å². The standard InChI is InChI=1S/C14H18FNO2/c1-10-8-11(5-6-12(10)15)9-16-14(17)13-4-2-3-7-18-13/h5-6,8,13H,2-4,7,9H2,1H3,(H,16,17). The topological polar surface area (TPSA) is 38.3 Å². The molecule has 0 aromatic heterocycles. The van der Waals surface area contributed by atoms with Crippen molar-refractivity contribution in [3.63, 3.8) is 0 Å². The fourth-order valence-electron chi connectivity index (χ4n) is 2.07. The predicted octanol–water partition coefficient (Wildman–Crippen LogP) is 2.32. The molecule has 1 N–H and O–H groups in total. The minimum absolute atomic E-state index is 0.0725. The third-order valence-corrected chi connectivity index (χ3v) is 3.16. The summed E-state index contributed by atoms with van der Waals surface area (Å²) in [5.41, 5.74) is 1.49. The van der Waals surface area contributed by atoms with E-state index >= 15 is 0 Å². The fourth-order valence-corrected chi connectivity index (χ4v) is 2.07. The van der Waals surface area contributed by atoms with Crippen molar-refractivity contribution in [1.29, 1.82) is 0 Å². The van der Waals surface area contributed by atoms with Crippen LogP contribution in [0.3, 0.4) is 0 Å². The first kappa shape index (κ1) is 13.0. The van der Waals surface area contributed by atoms with Crippen molar-refractivity contribution in [3.8, 4) is 0 Å². The molecule has 1 amide bonds. The lowest BCUT2D eigenvalue weighted by Gasteiger charge is -2.21. The van der Waals surface area contributed by atoms with Gasteiger partial charge in [0.15, 0.2) is 0 Å². The highest BCUT2D eigenvalue weighted by atomic mass is 19.1. The number of rotatable bonds is 3. The molecular weight excluding hydrogens is 233 g/mol. The van der Waals surface area contributed by atoms with Gasteiger partial charge in [0.2, 0.25) is 5.91 Å². The van der Waals surface area contributed by atoms with Crippen LogP contribution in [-0.4, -0.2) is 18.6 Å². The van der Waals surface area contributed by atoms with Crippen LogP contribution in [0.4, 0.5) is 4.39 Å². The Morgan fingerprint density at radius 2 is 2.33 bits per heavy atom. The average Bonchev–Trinajstić information content (AvgIpc) is 2.41. The molecule has 1 heterocycles. The van der Waals surface area contributed by atoms with E-state index < -0.39 is 0 Å². The average molecular weight is 251 g/mol. The summed E-state index contributed by atoms with van der Waals surface area (Å²) in [6.45, 7) is 2.79. The van der Waals surface area contributed by atoms with Crippen molar-refractivity contribution in [2.75, 3.05) is 6.61 Å². The van der Waals surface area contributed by atoms with Crippen molar-refractivity contribution in [3.05, 3.63) is 35.1 Å². The quantitative estimate of drug-likeness (QED) is 0.895. The van der Waals surface area contributed by atoms with Crippen molar-refractivity contribution in [2.24, 2.45) is 0 Å². The molecule has 1 aromatic carbocycles. The molecule has 1 saturated heterocycles. The maximum absolute atomic E-state index is 13.1. The van der Waals surface area contributed by atoms with Crippen molar-refractivity contribution in [1.82, 2.24) is 5.32 Å². The normalized spacial score (nSPS) is 19.6. The highest BCUT2D eigenvalue weighted by Crippen LogP contribution is 2.13. The van der Waals surface area contributed by atoms with E-state index in [9.17, 15) is 9.18 Å². The molecular formula is C14H18FNO2. The Morgan fingerprint density at radius 3 is 3.00 bits per heavy atom. The highest BCUT2D eigenvalue weighted by Gasteiger charge is 2.21.